The van der Waals surface area contributed by atoms with Crippen LogP contribution in [0, 0.1) is 0 Å². The fourth-order valence-electron chi connectivity index (χ4n) is 2.97. The molecule has 0 aliphatic carbocycles. The van der Waals surface area contributed by atoms with Gasteiger partial charge in [-0.1, -0.05) is 28.1 Å². The zero-order chi connectivity index (χ0) is 21.3. The number of nitrogens with zero attached hydrogens (tertiary/aromatic N) is 1. The maximum absolute atomic E-state index is 12.9. The number of furan rings is 1. The van der Waals surface area contributed by atoms with Gasteiger partial charge < -0.3 is 13.9 Å². The number of hydrogen-bond acceptors (Lipinski definition) is 6. The Morgan fingerprint density at radius 3 is 2.47 bits per heavy atom. The van der Waals surface area contributed by atoms with E-state index in [1.54, 1.807) is 30.3 Å². The number of methoxy groups -OCH3 is 2. The number of benzene rings is 2. The van der Waals surface area contributed by atoms with Gasteiger partial charge in [0, 0.05) is 22.2 Å². The molecule has 1 aliphatic rings. The summed E-state index contributed by atoms with van der Waals surface area (Å²) in [6.45, 7) is 0. The summed E-state index contributed by atoms with van der Waals surface area (Å²) in [5, 5.41) is -0.408. The Morgan fingerprint density at radius 2 is 1.77 bits per heavy atom. The highest BCUT2D eigenvalue weighted by Gasteiger charge is 2.38. The van der Waals surface area contributed by atoms with E-state index in [0.717, 1.165) is 26.7 Å². The molecule has 0 saturated carbocycles. The van der Waals surface area contributed by atoms with Crippen LogP contribution in [0.4, 0.5) is 10.5 Å². The largest absolute Gasteiger partial charge is 0.497 e. The van der Waals surface area contributed by atoms with Gasteiger partial charge in [0.05, 0.1) is 24.8 Å². The minimum absolute atomic E-state index is 0.273. The first-order valence-electron chi connectivity index (χ1n) is 8.86. The Hall–Kier alpha value is -2.97. The predicted octanol–water partition coefficient (Wildman–Crippen LogP) is 5.97. The van der Waals surface area contributed by atoms with E-state index >= 15 is 0 Å². The van der Waals surface area contributed by atoms with E-state index in [-0.39, 0.29) is 4.91 Å². The van der Waals surface area contributed by atoms with Crippen molar-refractivity contribution >= 4 is 50.6 Å². The van der Waals surface area contributed by atoms with Crippen LogP contribution in [-0.4, -0.2) is 25.4 Å². The molecule has 0 spiro atoms. The van der Waals surface area contributed by atoms with Gasteiger partial charge in [-0.25, -0.2) is 4.90 Å². The topological polar surface area (TPSA) is 69.0 Å². The Morgan fingerprint density at radius 1 is 1.00 bits per heavy atom. The normalized spacial score (nSPS) is 15.2. The third kappa shape index (κ3) is 3.88. The molecule has 0 N–H and O–H groups in total. The lowest BCUT2D eigenvalue weighted by molar-refractivity contribution is -0.113. The van der Waals surface area contributed by atoms with Crippen LogP contribution in [-0.2, 0) is 4.79 Å². The Labute approximate surface area is 185 Å². The number of imide groups is 1. The Bertz CT molecular complexity index is 1150. The van der Waals surface area contributed by atoms with Crippen LogP contribution in [0.3, 0.4) is 0 Å². The first-order chi connectivity index (χ1) is 14.5. The van der Waals surface area contributed by atoms with E-state index in [1.807, 2.05) is 30.3 Å². The molecule has 2 aromatic carbocycles. The average molecular weight is 486 g/mol. The van der Waals surface area contributed by atoms with Crippen LogP contribution in [0.15, 0.2) is 68.4 Å². The molecule has 0 bridgehead atoms. The molecule has 1 fully saturated rings. The van der Waals surface area contributed by atoms with Gasteiger partial charge in [0.2, 0.25) is 0 Å². The van der Waals surface area contributed by atoms with E-state index in [9.17, 15) is 9.59 Å². The lowest BCUT2D eigenvalue weighted by atomic mass is 10.2. The third-order valence-electron chi connectivity index (χ3n) is 4.45. The van der Waals surface area contributed by atoms with Crippen molar-refractivity contribution in [2.24, 2.45) is 0 Å². The second-order valence-corrected chi connectivity index (χ2v) is 8.17. The molecule has 0 atom stereocenters. The number of anilines is 1. The fourth-order valence-corrected chi connectivity index (χ4v) is 4.05. The summed E-state index contributed by atoms with van der Waals surface area (Å²) in [5.41, 5.74) is 1.27. The van der Waals surface area contributed by atoms with Crippen LogP contribution < -0.4 is 14.4 Å². The van der Waals surface area contributed by atoms with Gasteiger partial charge in [-0.3, -0.25) is 9.59 Å². The first kappa shape index (κ1) is 20.3. The number of carbonyl (C=O) groups excluding carboxylic acids is 2. The molecule has 8 heteroatoms. The predicted molar refractivity (Wildman–Crippen MR) is 120 cm³/mol. The second-order valence-electron chi connectivity index (χ2n) is 6.26. The van der Waals surface area contributed by atoms with Crippen LogP contribution in [0.25, 0.3) is 17.4 Å². The zero-order valence-corrected chi connectivity index (χ0v) is 18.5. The second kappa shape index (κ2) is 8.41. The van der Waals surface area contributed by atoms with Crippen LogP contribution in [0.1, 0.15) is 5.76 Å². The number of hydrogen-bond donors (Lipinski definition) is 0. The van der Waals surface area contributed by atoms with Gasteiger partial charge in [0.15, 0.2) is 0 Å². The van der Waals surface area contributed by atoms with E-state index in [4.69, 9.17) is 13.9 Å². The zero-order valence-electron chi connectivity index (χ0n) is 16.0. The lowest BCUT2D eigenvalue weighted by Gasteiger charge is -2.16. The van der Waals surface area contributed by atoms with Crippen molar-refractivity contribution in [3.63, 3.8) is 0 Å². The lowest BCUT2D eigenvalue weighted by Crippen LogP contribution is -2.28. The van der Waals surface area contributed by atoms with E-state index in [2.05, 4.69) is 15.9 Å². The Kier molecular flexibility index (Phi) is 5.69. The fraction of sp³-hybridized carbons (Fsp3) is 0.0909. The molecule has 4 rings (SSSR count). The first-order valence-corrected chi connectivity index (χ1v) is 10.5. The molecule has 2 heterocycles. The van der Waals surface area contributed by atoms with Crippen LogP contribution in [0.5, 0.6) is 11.5 Å². The van der Waals surface area contributed by atoms with Crippen molar-refractivity contribution in [3.8, 4) is 22.8 Å². The van der Waals surface area contributed by atoms with Crippen LogP contribution >= 0.6 is 27.7 Å². The summed E-state index contributed by atoms with van der Waals surface area (Å²) in [7, 11) is 3.00. The molecular formula is C22H16BrNO5S. The average Bonchev–Trinajstić information content (AvgIpc) is 3.32. The molecule has 1 saturated heterocycles. The van der Waals surface area contributed by atoms with Gasteiger partial charge >= 0.3 is 0 Å². The minimum atomic E-state index is -0.435. The van der Waals surface area contributed by atoms with Gasteiger partial charge in [-0.05, 0) is 48.2 Å². The molecular weight excluding hydrogens is 470 g/mol. The maximum Gasteiger partial charge on any atom is 0.298 e. The summed E-state index contributed by atoms with van der Waals surface area (Å²) in [5.74, 6) is 1.66. The van der Waals surface area contributed by atoms with Gasteiger partial charge in [0.25, 0.3) is 11.1 Å². The van der Waals surface area contributed by atoms with Crippen molar-refractivity contribution in [3.05, 3.63) is 69.7 Å². The highest BCUT2D eigenvalue weighted by atomic mass is 79.9. The molecule has 30 heavy (non-hydrogen) atoms. The highest BCUT2D eigenvalue weighted by molar-refractivity contribution is 9.10. The standard InChI is InChI=1S/C22H16BrNO5S/c1-27-15-7-9-17(19(11-15)28-2)24-21(25)20(30-22(24)26)12-16-8-10-18(29-16)13-3-5-14(23)6-4-13/h3-12H,1-2H3/b20-12+. The third-order valence-corrected chi connectivity index (χ3v) is 5.85. The van der Waals surface area contributed by atoms with Gasteiger partial charge in [-0.2, -0.15) is 0 Å². The monoisotopic (exact) mass is 485 g/mol. The number of halogens is 1. The molecule has 152 valence electrons. The highest BCUT2D eigenvalue weighted by Crippen LogP contribution is 2.41. The molecule has 6 nitrogen and oxygen atoms in total. The number of carbonyl (C=O) groups is 2. The SMILES string of the molecule is COc1ccc(N2C(=O)S/C(=C/c3ccc(-c4ccc(Br)cc4)o3)C2=O)c(OC)c1. The number of ether oxygens (including phenoxy) is 2. The summed E-state index contributed by atoms with van der Waals surface area (Å²) >= 11 is 4.26. The van der Waals surface area contributed by atoms with E-state index in [1.165, 1.54) is 14.2 Å². The Balaban J connectivity index is 1.62. The van der Waals surface area contributed by atoms with Gasteiger partial charge in [0.1, 0.15) is 23.0 Å². The molecule has 0 unspecified atom stereocenters. The van der Waals surface area contributed by atoms with E-state index in [0.29, 0.717) is 28.7 Å². The molecule has 1 aromatic heterocycles. The summed E-state index contributed by atoms with van der Waals surface area (Å²) in [6, 6.07) is 16.2. The molecule has 1 aliphatic heterocycles. The number of amides is 2. The van der Waals surface area contributed by atoms with Crippen LogP contribution in [0.2, 0.25) is 0 Å². The minimum Gasteiger partial charge on any atom is -0.497 e. The smallest absolute Gasteiger partial charge is 0.298 e. The van der Waals surface area contributed by atoms with Crippen molar-refractivity contribution in [2.75, 3.05) is 19.1 Å². The van der Waals surface area contributed by atoms with Crippen molar-refractivity contribution < 1.29 is 23.5 Å². The molecule has 2 amide bonds. The quantitative estimate of drug-likeness (QED) is 0.414. The summed E-state index contributed by atoms with van der Waals surface area (Å²) in [4.78, 5) is 26.9. The van der Waals surface area contributed by atoms with Gasteiger partial charge in [-0.15, -0.1) is 0 Å². The summed E-state index contributed by atoms with van der Waals surface area (Å²) in [6.07, 6.45) is 1.57. The van der Waals surface area contributed by atoms with E-state index < -0.39 is 11.1 Å². The molecule has 3 aromatic rings. The number of rotatable bonds is 5. The van der Waals surface area contributed by atoms with Crippen molar-refractivity contribution in [1.82, 2.24) is 0 Å². The summed E-state index contributed by atoms with van der Waals surface area (Å²) < 4.78 is 17.3. The van der Waals surface area contributed by atoms with Crippen molar-refractivity contribution in [2.45, 2.75) is 0 Å². The number of thioether (sulfide) groups is 1. The van der Waals surface area contributed by atoms with Crippen molar-refractivity contribution in [1.29, 1.82) is 0 Å². The molecule has 0 radical (unpaired) electrons. The maximum atomic E-state index is 12.9.